The van der Waals surface area contributed by atoms with Gasteiger partial charge < -0.3 is 18.9 Å². The summed E-state index contributed by atoms with van der Waals surface area (Å²) in [6.07, 6.45) is 1.70. The van der Waals surface area contributed by atoms with Crippen molar-refractivity contribution in [1.29, 1.82) is 0 Å². The zero-order valence-corrected chi connectivity index (χ0v) is 17.3. The first kappa shape index (κ1) is 20.3. The van der Waals surface area contributed by atoms with E-state index in [1.165, 1.54) is 0 Å². The van der Waals surface area contributed by atoms with Crippen LogP contribution in [0.4, 0.5) is 5.69 Å². The lowest BCUT2D eigenvalue weighted by Gasteiger charge is -2.12. The van der Waals surface area contributed by atoms with Crippen LogP contribution in [0.5, 0.6) is 23.0 Å². The number of hydrogen-bond donors (Lipinski definition) is 1. The molecule has 0 spiro atoms. The van der Waals surface area contributed by atoms with Crippen molar-refractivity contribution in [2.75, 3.05) is 33.4 Å². The second kappa shape index (κ2) is 9.14. The first-order valence-corrected chi connectivity index (χ1v) is 9.22. The number of aromatic nitrogens is 1. The van der Waals surface area contributed by atoms with Crippen LogP contribution >= 0.6 is 0 Å². The van der Waals surface area contributed by atoms with Gasteiger partial charge in [0.1, 0.15) is 5.75 Å². The number of hydrogen-bond acceptors (Lipinski definition) is 7. The molecule has 0 saturated heterocycles. The summed E-state index contributed by atoms with van der Waals surface area (Å²) in [7, 11) is 4.74. The van der Waals surface area contributed by atoms with Crippen LogP contribution in [-0.2, 0) is 0 Å². The smallest absolute Gasteiger partial charge is 0.203 e. The van der Waals surface area contributed by atoms with Crippen LogP contribution in [0.2, 0.25) is 0 Å². The summed E-state index contributed by atoms with van der Waals surface area (Å²) in [5.41, 5.74) is 6.51. The van der Waals surface area contributed by atoms with Gasteiger partial charge in [0.25, 0.3) is 0 Å². The van der Waals surface area contributed by atoms with E-state index in [-0.39, 0.29) is 0 Å². The lowest BCUT2D eigenvalue weighted by atomic mass is 10.1. The van der Waals surface area contributed by atoms with E-state index >= 15 is 0 Å². The highest BCUT2D eigenvalue weighted by molar-refractivity contribution is 5.93. The molecule has 1 aromatic heterocycles. The molecule has 3 rings (SSSR count). The highest BCUT2D eigenvalue weighted by atomic mass is 16.5. The van der Waals surface area contributed by atoms with Crippen molar-refractivity contribution in [2.24, 2.45) is 5.10 Å². The molecule has 152 valence electrons. The van der Waals surface area contributed by atoms with E-state index in [1.807, 2.05) is 50.2 Å². The van der Waals surface area contributed by atoms with Crippen LogP contribution in [0.25, 0.3) is 10.9 Å². The zero-order valence-electron chi connectivity index (χ0n) is 17.3. The van der Waals surface area contributed by atoms with Crippen molar-refractivity contribution in [2.45, 2.75) is 13.8 Å². The summed E-state index contributed by atoms with van der Waals surface area (Å²) < 4.78 is 21.7. The quantitative estimate of drug-likeness (QED) is 0.450. The molecule has 0 aliphatic heterocycles. The van der Waals surface area contributed by atoms with Crippen LogP contribution in [-0.4, -0.2) is 39.1 Å². The fraction of sp³-hybridized carbons (Fsp3) is 0.273. The van der Waals surface area contributed by atoms with Gasteiger partial charge >= 0.3 is 0 Å². The topological polar surface area (TPSA) is 74.2 Å². The van der Waals surface area contributed by atoms with Crippen molar-refractivity contribution in [3.8, 4) is 23.0 Å². The Kier molecular flexibility index (Phi) is 6.39. The van der Waals surface area contributed by atoms with Gasteiger partial charge in [-0.05, 0) is 44.2 Å². The molecule has 0 fully saturated rings. The van der Waals surface area contributed by atoms with Crippen LogP contribution < -0.4 is 24.4 Å². The van der Waals surface area contributed by atoms with Crippen molar-refractivity contribution in [1.82, 2.24) is 4.98 Å². The van der Waals surface area contributed by atoms with Crippen molar-refractivity contribution in [3.63, 3.8) is 0 Å². The van der Waals surface area contributed by atoms with Gasteiger partial charge in [-0.15, -0.1) is 0 Å². The fourth-order valence-electron chi connectivity index (χ4n) is 3.04. The first-order chi connectivity index (χ1) is 14.1. The summed E-state index contributed by atoms with van der Waals surface area (Å²) in [5, 5.41) is 5.34. The van der Waals surface area contributed by atoms with E-state index in [9.17, 15) is 0 Å². The average Bonchev–Trinajstić information content (AvgIpc) is 2.72. The Morgan fingerprint density at radius 1 is 1.00 bits per heavy atom. The van der Waals surface area contributed by atoms with Crippen molar-refractivity contribution in [3.05, 3.63) is 47.7 Å². The standard InChI is InChI=1S/C22H25N3O4/c1-6-29-16-7-8-17-18(12-16)24-14(2)9-19(17)25-23-13-15-10-20(26-3)22(28-5)21(11-15)27-4/h7-13H,6H2,1-5H3,(H,24,25). The zero-order chi connectivity index (χ0) is 20.8. The number of ether oxygens (including phenoxy) is 4. The number of hydrazone groups is 1. The molecular formula is C22H25N3O4. The Morgan fingerprint density at radius 2 is 1.72 bits per heavy atom. The summed E-state index contributed by atoms with van der Waals surface area (Å²) in [6, 6.07) is 11.4. The van der Waals surface area contributed by atoms with Crippen LogP contribution in [0, 0.1) is 6.92 Å². The third-order valence-electron chi connectivity index (χ3n) is 4.31. The molecule has 0 aliphatic rings. The molecule has 0 saturated carbocycles. The van der Waals surface area contributed by atoms with Gasteiger partial charge in [0.05, 0.1) is 45.4 Å². The summed E-state index contributed by atoms with van der Waals surface area (Å²) in [5.74, 6) is 2.48. The van der Waals surface area contributed by atoms with E-state index < -0.39 is 0 Å². The Morgan fingerprint density at radius 3 is 2.34 bits per heavy atom. The molecule has 0 atom stereocenters. The van der Waals surface area contributed by atoms with Crippen LogP contribution in [0.1, 0.15) is 18.2 Å². The molecule has 0 radical (unpaired) electrons. The highest BCUT2D eigenvalue weighted by Crippen LogP contribution is 2.37. The molecule has 3 aromatic rings. The maximum atomic E-state index is 5.57. The average molecular weight is 395 g/mol. The summed E-state index contributed by atoms with van der Waals surface area (Å²) >= 11 is 0. The first-order valence-electron chi connectivity index (χ1n) is 9.22. The molecule has 7 heteroatoms. The van der Waals surface area contributed by atoms with Crippen molar-refractivity contribution >= 4 is 22.8 Å². The van der Waals surface area contributed by atoms with Gasteiger partial charge in [-0.2, -0.15) is 5.10 Å². The van der Waals surface area contributed by atoms with E-state index in [1.54, 1.807) is 27.5 Å². The number of nitrogens with one attached hydrogen (secondary N) is 1. The normalized spacial score (nSPS) is 10.9. The van der Waals surface area contributed by atoms with Gasteiger partial charge in [0.15, 0.2) is 11.5 Å². The van der Waals surface area contributed by atoms with E-state index in [2.05, 4.69) is 15.5 Å². The lowest BCUT2D eigenvalue weighted by molar-refractivity contribution is 0.324. The molecule has 29 heavy (non-hydrogen) atoms. The predicted molar refractivity (Wildman–Crippen MR) is 115 cm³/mol. The predicted octanol–water partition coefficient (Wildman–Crippen LogP) is 4.41. The minimum atomic E-state index is 0.543. The van der Waals surface area contributed by atoms with Gasteiger partial charge in [0, 0.05) is 22.7 Å². The minimum Gasteiger partial charge on any atom is -0.494 e. The summed E-state index contributed by atoms with van der Waals surface area (Å²) in [6.45, 7) is 4.52. The number of aryl methyl sites for hydroxylation is 1. The molecular weight excluding hydrogens is 370 g/mol. The molecule has 0 unspecified atom stereocenters. The van der Waals surface area contributed by atoms with Gasteiger partial charge in [-0.3, -0.25) is 10.4 Å². The van der Waals surface area contributed by atoms with E-state index in [0.717, 1.165) is 33.6 Å². The second-order valence-corrected chi connectivity index (χ2v) is 6.25. The third-order valence-corrected chi connectivity index (χ3v) is 4.31. The maximum absolute atomic E-state index is 5.57. The Labute approximate surface area is 170 Å². The number of methoxy groups -OCH3 is 3. The SMILES string of the molecule is CCOc1ccc2c(NN=Cc3cc(OC)c(OC)c(OC)c3)cc(C)nc2c1. The monoisotopic (exact) mass is 395 g/mol. The molecule has 7 nitrogen and oxygen atoms in total. The molecule has 1 N–H and O–H groups in total. The molecule has 0 aliphatic carbocycles. The Balaban J connectivity index is 1.89. The number of pyridine rings is 1. The molecule has 2 aromatic carbocycles. The van der Waals surface area contributed by atoms with E-state index in [4.69, 9.17) is 18.9 Å². The third kappa shape index (κ3) is 4.51. The number of benzene rings is 2. The Hall–Kier alpha value is -3.48. The number of rotatable bonds is 8. The van der Waals surface area contributed by atoms with E-state index in [0.29, 0.717) is 23.9 Å². The largest absolute Gasteiger partial charge is 0.494 e. The molecule has 0 amide bonds. The van der Waals surface area contributed by atoms with Gasteiger partial charge in [-0.25, -0.2) is 0 Å². The van der Waals surface area contributed by atoms with Crippen LogP contribution in [0.3, 0.4) is 0 Å². The number of anilines is 1. The lowest BCUT2D eigenvalue weighted by Crippen LogP contribution is -1.98. The van der Waals surface area contributed by atoms with Crippen LogP contribution in [0.15, 0.2) is 41.5 Å². The van der Waals surface area contributed by atoms with Gasteiger partial charge in [0.2, 0.25) is 5.75 Å². The minimum absolute atomic E-state index is 0.543. The Bertz CT molecular complexity index is 1010. The fourth-order valence-corrected chi connectivity index (χ4v) is 3.04. The molecule has 1 heterocycles. The second-order valence-electron chi connectivity index (χ2n) is 6.25. The van der Waals surface area contributed by atoms with Crippen molar-refractivity contribution < 1.29 is 18.9 Å². The van der Waals surface area contributed by atoms with Gasteiger partial charge in [-0.1, -0.05) is 0 Å². The number of fused-ring (bicyclic) bond motifs is 1. The molecule has 0 bridgehead atoms. The number of nitrogens with zero attached hydrogens (tertiary/aromatic N) is 2. The highest BCUT2D eigenvalue weighted by Gasteiger charge is 2.12. The maximum Gasteiger partial charge on any atom is 0.203 e. The summed E-state index contributed by atoms with van der Waals surface area (Å²) in [4.78, 5) is 4.59.